The molecule has 4 rings (SSSR count). The molecule has 0 saturated heterocycles. The second-order valence-corrected chi connectivity index (χ2v) is 10.1. The first-order chi connectivity index (χ1) is 11.6. The molecule has 140 valence electrons. The van der Waals surface area contributed by atoms with Crippen molar-refractivity contribution in [2.45, 2.75) is 71.3 Å². The van der Waals surface area contributed by atoms with Gasteiger partial charge in [0.25, 0.3) is 0 Å². The smallest absolute Gasteiger partial charge is 0.299 e. The summed E-state index contributed by atoms with van der Waals surface area (Å²) in [6, 6.07) is 0. The molecule has 0 aromatic carbocycles. The molecule has 0 aliphatic heterocycles. The fourth-order valence-corrected chi connectivity index (χ4v) is 7.16. The van der Waals surface area contributed by atoms with E-state index in [-0.39, 0.29) is 10.8 Å². The van der Waals surface area contributed by atoms with Gasteiger partial charge in [-0.05, 0) is 68.1 Å². The lowest BCUT2D eigenvalue weighted by Crippen LogP contribution is -2.50. The van der Waals surface area contributed by atoms with Crippen LogP contribution in [-0.2, 0) is 19.4 Å². The van der Waals surface area contributed by atoms with Gasteiger partial charge in [-0.2, -0.15) is 8.42 Å². The quantitative estimate of drug-likeness (QED) is 0.594. The SMILES string of the molecule is C[C@]12CC[C@H](OS(=O)(=O)O)CC1=CC[C@H]1[C@H]3CCC(=O)[C@@]3(C)CC[C@@H]12. The molecular weight excluding hydrogens is 340 g/mol. The Bertz CT molecular complexity index is 726. The third kappa shape index (κ3) is 2.72. The maximum absolute atomic E-state index is 12.4. The summed E-state index contributed by atoms with van der Waals surface area (Å²) in [4.78, 5) is 12.4. The van der Waals surface area contributed by atoms with Crippen LogP contribution >= 0.6 is 0 Å². The van der Waals surface area contributed by atoms with E-state index < -0.39 is 16.5 Å². The third-order valence-corrected chi connectivity index (χ3v) is 8.54. The van der Waals surface area contributed by atoms with Crippen LogP contribution in [0.3, 0.4) is 0 Å². The number of Topliss-reactive ketones (excluding diaryl/α,β-unsaturated/α-hetero) is 1. The summed E-state index contributed by atoms with van der Waals surface area (Å²) < 4.78 is 35.9. The van der Waals surface area contributed by atoms with E-state index in [0.29, 0.717) is 36.4 Å². The molecule has 0 aromatic rings. The van der Waals surface area contributed by atoms with Crippen molar-refractivity contribution in [1.82, 2.24) is 0 Å². The number of carbonyl (C=O) groups excluding carboxylic acids is 1. The molecule has 6 atom stereocenters. The van der Waals surface area contributed by atoms with E-state index in [1.54, 1.807) is 0 Å². The van der Waals surface area contributed by atoms with Gasteiger partial charge in [-0.3, -0.25) is 9.35 Å². The highest BCUT2D eigenvalue weighted by Crippen LogP contribution is 2.64. The van der Waals surface area contributed by atoms with Gasteiger partial charge in [-0.25, -0.2) is 4.18 Å². The summed E-state index contributed by atoms with van der Waals surface area (Å²) >= 11 is 0. The Labute approximate surface area is 150 Å². The molecule has 0 heterocycles. The Morgan fingerprint density at radius 3 is 2.52 bits per heavy atom. The van der Waals surface area contributed by atoms with Crippen molar-refractivity contribution in [3.63, 3.8) is 0 Å². The first kappa shape index (κ1) is 17.7. The van der Waals surface area contributed by atoms with Crippen LogP contribution in [0.1, 0.15) is 65.2 Å². The van der Waals surface area contributed by atoms with Gasteiger partial charge >= 0.3 is 10.4 Å². The number of hydrogen-bond donors (Lipinski definition) is 1. The first-order valence-corrected chi connectivity index (χ1v) is 10.9. The summed E-state index contributed by atoms with van der Waals surface area (Å²) in [6.45, 7) is 4.50. The molecule has 0 radical (unpaired) electrons. The van der Waals surface area contributed by atoms with Gasteiger partial charge in [0, 0.05) is 11.8 Å². The van der Waals surface area contributed by atoms with Gasteiger partial charge in [0.05, 0.1) is 6.10 Å². The average molecular weight is 368 g/mol. The summed E-state index contributed by atoms with van der Waals surface area (Å²) in [5, 5.41) is 0. The largest absolute Gasteiger partial charge is 0.397 e. The second-order valence-electron chi connectivity index (χ2n) is 9.07. The van der Waals surface area contributed by atoms with Gasteiger partial charge in [0.2, 0.25) is 0 Å². The van der Waals surface area contributed by atoms with Gasteiger partial charge in [-0.1, -0.05) is 25.5 Å². The number of rotatable bonds is 2. The highest BCUT2D eigenvalue weighted by Gasteiger charge is 2.58. The van der Waals surface area contributed by atoms with E-state index in [0.717, 1.165) is 38.5 Å². The predicted molar refractivity (Wildman–Crippen MR) is 93.1 cm³/mol. The van der Waals surface area contributed by atoms with Crippen molar-refractivity contribution >= 4 is 16.2 Å². The zero-order valence-corrected chi connectivity index (χ0v) is 15.8. The van der Waals surface area contributed by atoms with E-state index in [4.69, 9.17) is 8.74 Å². The van der Waals surface area contributed by atoms with Crippen molar-refractivity contribution in [2.75, 3.05) is 0 Å². The normalized spacial score (nSPS) is 46.8. The van der Waals surface area contributed by atoms with Crippen LogP contribution in [0.5, 0.6) is 0 Å². The monoisotopic (exact) mass is 368 g/mol. The van der Waals surface area contributed by atoms with E-state index in [9.17, 15) is 13.2 Å². The second kappa shape index (κ2) is 5.64. The molecule has 1 N–H and O–H groups in total. The Morgan fingerprint density at radius 2 is 1.80 bits per heavy atom. The van der Waals surface area contributed by atoms with Crippen LogP contribution in [-0.4, -0.2) is 24.9 Å². The van der Waals surface area contributed by atoms with Crippen LogP contribution in [0, 0.1) is 28.6 Å². The number of allylic oxidation sites excluding steroid dienone is 1. The zero-order valence-electron chi connectivity index (χ0n) is 15.0. The van der Waals surface area contributed by atoms with E-state index >= 15 is 0 Å². The molecule has 0 spiro atoms. The maximum atomic E-state index is 12.4. The summed E-state index contributed by atoms with van der Waals surface area (Å²) in [5.74, 6) is 2.10. The minimum atomic E-state index is -4.40. The summed E-state index contributed by atoms with van der Waals surface area (Å²) in [7, 11) is -4.40. The first-order valence-electron chi connectivity index (χ1n) is 9.52. The van der Waals surface area contributed by atoms with Crippen LogP contribution in [0.15, 0.2) is 11.6 Å². The molecule has 3 fully saturated rings. The van der Waals surface area contributed by atoms with Gasteiger partial charge in [0.1, 0.15) is 5.78 Å². The van der Waals surface area contributed by atoms with E-state index in [1.807, 2.05) is 0 Å². The molecule has 0 amide bonds. The minimum absolute atomic E-state index is 0.0783. The van der Waals surface area contributed by atoms with Gasteiger partial charge in [-0.15, -0.1) is 0 Å². The van der Waals surface area contributed by atoms with Crippen LogP contribution < -0.4 is 0 Å². The average Bonchev–Trinajstić information content (AvgIpc) is 2.82. The predicted octanol–water partition coefficient (Wildman–Crippen LogP) is 3.71. The maximum Gasteiger partial charge on any atom is 0.397 e. The highest BCUT2D eigenvalue weighted by molar-refractivity contribution is 7.80. The standard InChI is InChI=1S/C19H28O5S/c1-18-9-7-13(24-25(21,22)23)11-12(18)3-4-14-15-5-6-17(20)19(15,2)10-8-16(14)18/h3,13-16H,4-11H2,1-2H3,(H,21,22,23)/t13-,14-,15+,16-,18-,19-/m0/s1. The van der Waals surface area contributed by atoms with Crippen molar-refractivity contribution in [1.29, 1.82) is 0 Å². The number of fused-ring (bicyclic) bond motifs is 5. The van der Waals surface area contributed by atoms with Crippen LogP contribution in [0.25, 0.3) is 0 Å². The molecule has 0 unspecified atom stereocenters. The van der Waals surface area contributed by atoms with Gasteiger partial charge in [0.15, 0.2) is 0 Å². The van der Waals surface area contributed by atoms with Crippen molar-refractivity contribution < 1.29 is 21.9 Å². The Kier molecular flexibility index (Phi) is 3.99. The van der Waals surface area contributed by atoms with E-state index in [1.165, 1.54) is 5.57 Å². The molecular formula is C19H28O5S. The van der Waals surface area contributed by atoms with Crippen molar-refractivity contribution in [3.05, 3.63) is 11.6 Å². The zero-order chi connectivity index (χ0) is 18.0. The molecule has 6 heteroatoms. The lowest BCUT2D eigenvalue weighted by atomic mass is 9.48. The van der Waals surface area contributed by atoms with E-state index in [2.05, 4.69) is 19.9 Å². The Morgan fingerprint density at radius 1 is 1.12 bits per heavy atom. The number of carbonyl (C=O) groups is 1. The lowest BCUT2D eigenvalue weighted by Gasteiger charge is -2.56. The Hall–Kier alpha value is -0.720. The van der Waals surface area contributed by atoms with Crippen LogP contribution in [0.2, 0.25) is 0 Å². The molecule has 5 nitrogen and oxygen atoms in total. The molecule has 0 bridgehead atoms. The third-order valence-electron chi connectivity index (χ3n) is 8.03. The van der Waals surface area contributed by atoms with Crippen molar-refractivity contribution in [2.24, 2.45) is 28.6 Å². The van der Waals surface area contributed by atoms with Crippen molar-refractivity contribution in [3.8, 4) is 0 Å². The number of ketones is 1. The highest BCUT2D eigenvalue weighted by atomic mass is 32.3. The molecule has 4 aliphatic rings. The molecule has 4 aliphatic carbocycles. The fourth-order valence-electron chi connectivity index (χ4n) is 6.65. The molecule has 3 saturated carbocycles. The summed E-state index contributed by atoms with van der Waals surface area (Å²) in [5.41, 5.74) is 1.25. The lowest BCUT2D eigenvalue weighted by molar-refractivity contribution is -0.131. The number of hydrogen-bond acceptors (Lipinski definition) is 4. The van der Waals surface area contributed by atoms with Crippen LogP contribution in [0.4, 0.5) is 0 Å². The topological polar surface area (TPSA) is 80.7 Å². The fraction of sp³-hybridized carbons (Fsp3) is 0.842. The molecule has 0 aromatic heterocycles. The minimum Gasteiger partial charge on any atom is -0.299 e. The van der Waals surface area contributed by atoms with Gasteiger partial charge < -0.3 is 0 Å². The molecule has 25 heavy (non-hydrogen) atoms. The summed E-state index contributed by atoms with van der Waals surface area (Å²) in [6.07, 6.45) is 8.79. The Balaban J connectivity index is 1.59.